The van der Waals surface area contributed by atoms with Crippen LogP contribution in [-0.2, 0) is 0 Å². The second-order valence-electron chi connectivity index (χ2n) is 6.81. The number of aromatic nitrogens is 3. The van der Waals surface area contributed by atoms with Crippen molar-refractivity contribution in [2.45, 2.75) is 6.92 Å². The van der Waals surface area contributed by atoms with Crippen molar-refractivity contribution in [2.75, 3.05) is 19.0 Å². The van der Waals surface area contributed by atoms with E-state index in [1.54, 1.807) is 42.1 Å². The first-order valence-electron chi connectivity index (χ1n) is 9.99. The molecule has 4 aromatic rings. The number of nitrogens with zero attached hydrogens (tertiary/aromatic N) is 3. The quantitative estimate of drug-likeness (QED) is 0.457. The molecule has 0 unspecified atom stereocenters. The molecular weight excluding hydrogens is 411 g/mol. The molecule has 3 aromatic carbocycles. The molecule has 4 rings (SSSR count). The minimum absolute atomic E-state index is 0.243. The Kier molecular flexibility index (Phi) is 6.12. The molecule has 0 radical (unpaired) electrons. The first kappa shape index (κ1) is 21.0. The fraction of sp³-hybridized carbons (Fsp3) is 0.125. The Balaban J connectivity index is 1.62. The number of hydrogen-bond donors (Lipinski definition) is 1. The van der Waals surface area contributed by atoms with E-state index < -0.39 is 11.7 Å². The van der Waals surface area contributed by atoms with E-state index in [0.717, 1.165) is 11.3 Å². The zero-order chi connectivity index (χ0) is 22.5. The van der Waals surface area contributed by atoms with E-state index in [9.17, 15) is 9.18 Å². The standard InChI is InChI=1S/C24H21FN4O3/c1-3-32-24-27-22(16-6-5-9-21(15-16)31-2)29(28-24)20-12-10-19(11-13-20)26-23(30)17-7-4-8-18(25)14-17/h4-15H,3H2,1-2H3,(H,26,30). The molecule has 162 valence electrons. The zero-order valence-corrected chi connectivity index (χ0v) is 17.6. The van der Waals surface area contributed by atoms with Gasteiger partial charge in [0.25, 0.3) is 5.91 Å². The van der Waals surface area contributed by atoms with Crippen LogP contribution in [-0.4, -0.2) is 34.4 Å². The summed E-state index contributed by atoms with van der Waals surface area (Å²) in [5.41, 5.74) is 2.35. The smallest absolute Gasteiger partial charge is 0.336 e. The molecule has 8 heteroatoms. The van der Waals surface area contributed by atoms with Crippen LogP contribution in [0.4, 0.5) is 10.1 Å². The van der Waals surface area contributed by atoms with Crippen LogP contribution in [0.15, 0.2) is 72.8 Å². The van der Waals surface area contributed by atoms with E-state index in [1.165, 1.54) is 18.2 Å². The zero-order valence-electron chi connectivity index (χ0n) is 17.6. The van der Waals surface area contributed by atoms with Gasteiger partial charge in [0.15, 0.2) is 5.82 Å². The second kappa shape index (κ2) is 9.30. The SMILES string of the molecule is CCOc1nc(-c2cccc(OC)c2)n(-c2ccc(NC(=O)c3cccc(F)c3)cc2)n1. The predicted octanol–water partition coefficient (Wildman–Crippen LogP) is 4.73. The number of amides is 1. The Labute approximate surface area is 184 Å². The van der Waals surface area contributed by atoms with E-state index in [2.05, 4.69) is 15.4 Å². The Bertz CT molecular complexity index is 1240. The molecule has 0 bridgehead atoms. The minimum Gasteiger partial charge on any atom is -0.497 e. The Morgan fingerprint density at radius 1 is 1.06 bits per heavy atom. The number of halogens is 1. The first-order valence-corrected chi connectivity index (χ1v) is 9.99. The fourth-order valence-corrected chi connectivity index (χ4v) is 3.13. The van der Waals surface area contributed by atoms with Crippen molar-refractivity contribution in [1.82, 2.24) is 14.8 Å². The fourth-order valence-electron chi connectivity index (χ4n) is 3.13. The van der Waals surface area contributed by atoms with Gasteiger partial charge in [-0.2, -0.15) is 4.98 Å². The van der Waals surface area contributed by atoms with Crippen LogP contribution in [0.1, 0.15) is 17.3 Å². The highest BCUT2D eigenvalue weighted by Crippen LogP contribution is 2.27. The summed E-state index contributed by atoms with van der Waals surface area (Å²) in [6.45, 7) is 2.30. The van der Waals surface area contributed by atoms with Gasteiger partial charge in [-0.05, 0) is 61.5 Å². The summed E-state index contributed by atoms with van der Waals surface area (Å²) >= 11 is 0. The molecule has 1 heterocycles. The summed E-state index contributed by atoms with van der Waals surface area (Å²) in [6.07, 6.45) is 0. The topological polar surface area (TPSA) is 78.3 Å². The Hall–Kier alpha value is -4.20. The summed E-state index contributed by atoms with van der Waals surface area (Å²) in [7, 11) is 1.60. The number of methoxy groups -OCH3 is 1. The van der Waals surface area contributed by atoms with E-state index in [0.29, 0.717) is 23.9 Å². The van der Waals surface area contributed by atoms with Gasteiger partial charge in [0.1, 0.15) is 11.6 Å². The van der Waals surface area contributed by atoms with E-state index in [-0.39, 0.29) is 11.6 Å². The van der Waals surface area contributed by atoms with Gasteiger partial charge < -0.3 is 14.8 Å². The molecule has 0 spiro atoms. The van der Waals surface area contributed by atoms with Gasteiger partial charge in [-0.25, -0.2) is 9.07 Å². The molecule has 0 aliphatic carbocycles. The molecule has 1 N–H and O–H groups in total. The molecule has 0 aliphatic rings. The van der Waals surface area contributed by atoms with Crippen molar-refractivity contribution in [2.24, 2.45) is 0 Å². The van der Waals surface area contributed by atoms with Crippen molar-refractivity contribution in [3.63, 3.8) is 0 Å². The molecule has 1 aromatic heterocycles. The van der Waals surface area contributed by atoms with Crippen LogP contribution >= 0.6 is 0 Å². The average molecular weight is 432 g/mol. The monoisotopic (exact) mass is 432 g/mol. The third-order valence-electron chi connectivity index (χ3n) is 4.65. The number of rotatable bonds is 7. The highest BCUT2D eigenvalue weighted by atomic mass is 19.1. The maximum absolute atomic E-state index is 13.4. The van der Waals surface area contributed by atoms with Gasteiger partial charge in [-0.15, -0.1) is 5.10 Å². The summed E-state index contributed by atoms with van der Waals surface area (Å²) in [5.74, 6) is 0.428. The third kappa shape index (κ3) is 4.59. The normalized spacial score (nSPS) is 10.6. The van der Waals surface area contributed by atoms with Crippen molar-refractivity contribution in [3.8, 4) is 28.8 Å². The lowest BCUT2D eigenvalue weighted by Gasteiger charge is -2.09. The molecule has 0 saturated carbocycles. The summed E-state index contributed by atoms with van der Waals surface area (Å²) < 4.78 is 25.9. The Morgan fingerprint density at radius 2 is 1.84 bits per heavy atom. The van der Waals surface area contributed by atoms with Crippen LogP contribution in [0.2, 0.25) is 0 Å². The van der Waals surface area contributed by atoms with E-state index >= 15 is 0 Å². The van der Waals surface area contributed by atoms with E-state index in [1.807, 2.05) is 31.2 Å². The largest absolute Gasteiger partial charge is 0.497 e. The molecule has 0 fully saturated rings. The van der Waals surface area contributed by atoms with Gasteiger partial charge in [0.2, 0.25) is 0 Å². The van der Waals surface area contributed by atoms with Crippen LogP contribution < -0.4 is 14.8 Å². The number of ether oxygens (including phenoxy) is 2. The van der Waals surface area contributed by atoms with Crippen molar-refractivity contribution >= 4 is 11.6 Å². The van der Waals surface area contributed by atoms with Gasteiger partial charge >= 0.3 is 6.01 Å². The molecule has 0 atom stereocenters. The molecule has 7 nitrogen and oxygen atoms in total. The van der Waals surface area contributed by atoms with Crippen LogP contribution in [0, 0.1) is 5.82 Å². The van der Waals surface area contributed by atoms with Gasteiger partial charge in [-0.1, -0.05) is 18.2 Å². The number of benzene rings is 3. The van der Waals surface area contributed by atoms with Crippen LogP contribution in [0.25, 0.3) is 17.1 Å². The highest BCUT2D eigenvalue weighted by molar-refractivity contribution is 6.04. The maximum Gasteiger partial charge on any atom is 0.336 e. The lowest BCUT2D eigenvalue weighted by molar-refractivity contribution is 0.102. The summed E-state index contributed by atoms with van der Waals surface area (Å²) in [4.78, 5) is 16.9. The third-order valence-corrected chi connectivity index (χ3v) is 4.65. The number of anilines is 1. The Morgan fingerprint density at radius 3 is 2.56 bits per heavy atom. The summed E-state index contributed by atoms with van der Waals surface area (Å²) in [6, 6.07) is 20.4. The number of carbonyl (C=O) groups is 1. The highest BCUT2D eigenvalue weighted by Gasteiger charge is 2.15. The number of hydrogen-bond acceptors (Lipinski definition) is 5. The molecule has 0 saturated heterocycles. The number of carbonyl (C=O) groups excluding carboxylic acids is 1. The second-order valence-corrected chi connectivity index (χ2v) is 6.81. The van der Waals surface area contributed by atoms with Crippen LogP contribution in [0.5, 0.6) is 11.8 Å². The van der Waals surface area contributed by atoms with Gasteiger partial charge in [0.05, 0.1) is 19.4 Å². The first-order chi connectivity index (χ1) is 15.6. The predicted molar refractivity (Wildman–Crippen MR) is 119 cm³/mol. The van der Waals surface area contributed by atoms with Crippen LogP contribution in [0.3, 0.4) is 0 Å². The molecule has 1 amide bonds. The molecular formula is C24H21FN4O3. The summed E-state index contributed by atoms with van der Waals surface area (Å²) in [5, 5.41) is 7.22. The molecule has 32 heavy (non-hydrogen) atoms. The minimum atomic E-state index is -0.464. The number of nitrogens with one attached hydrogen (secondary N) is 1. The maximum atomic E-state index is 13.4. The molecule has 0 aliphatic heterocycles. The van der Waals surface area contributed by atoms with Crippen molar-refractivity contribution in [3.05, 3.63) is 84.2 Å². The van der Waals surface area contributed by atoms with Crippen molar-refractivity contribution < 1.29 is 18.7 Å². The van der Waals surface area contributed by atoms with Gasteiger partial charge in [-0.3, -0.25) is 4.79 Å². The van der Waals surface area contributed by atoms with Crippen molar-refractivity contribution in [1.29, 1.82) is 0 Å². The lowest BCUT2D eigenvalue weighted by Crippen LogP contribution is -2.12. The average Bonchev–Trinajstić information content (AvgIpc) is 3.24. The van der Waals surface area contributed by atoms with Gasteiger partial charge in [0, 0.05) is 16.8 Å². The van der Waals surface area contributed by atoms with E-state index in [4.69, 9.17) is 9.47 Å². The lowest BCUT2D eigenvalue weighted by atomic mass is 10.2.